The molecule has 104 valence electrons. The van der Waals surface area contributed by atoms with Crippen molar-refractivity contribution >= 4 is 15.5 Å². The Morgan fingerprint density at radius 3 is 2.90 bits per heavy atom. The molecule has 3 rings (SSSR count). The summed E-state index contributed by atoms with van der Waals surface area (Å²) in [6, 6.07) is 7.22. The lowest BCUT2D eigenvalue weighted by atomic mass is 10.0. The first-order chi connectivity index (χ1) is 9.56. The third-order valence-electron chi connectivity index (χ3n) is 3.36. The second-order valence-corrected chi connectivity index (χ2v) is 6.81. The Balaban J connectivity index is 2.01. The smallest absolute Gasteiger partial charge is 0.178 e. The van der Waals surface area contributed by atoms with Gasteiger partial charge in [0.15, 0.2) is 9.84 Å². The van der Waals surface area contributed by atoms with E-state index in [9.17, 15) is 12.8 Å². The van der Waals surface area contributed by atoms with Gasteiger partial charge in [0.25, 0.3) is 0 Å². The van der Waals surface area contributed by atoms with Crippen LogP contribution in [-0.4, -0.2) is 19.2 Å². The monoisotopic (exact) mass is 292 g/mol. The number of rotatable bonds is 2. The van der Waals surface area contributed by atoms with Gasteiger partial charge in [-0.1, -0.05) is 0 Å². The van der Waals surface area contributed by atoms with Crippen LogP contribution in [0.4, 0.5) is 10.1 Å². The van der Waals surface area contributed by atoms with Crippen LogP contribution in [0.15, 0.2) is 47.6 Å². The molecule has 1 atom stereocenters. The molecule has 1 aromatic heterocycles. The fourth-order valence-electron chi connectivity index (χ4n) is 2.41. The first-order valence-corrected chi connectivity index (χ1v) is 7.90. The minimum absolute atomic E-state index is 0.0591. The van der Waals surface area contributed by atoms with Crippen molar-refractivity contribution in [1.82, 2.24) is 4.98 Å². The third-order valence-corrected chi connectivity index (χ3v) is 5.18. The molecule has 2 aromatic rings. The van der Waals surface area contributed by atoms with Gasteiger partial charge in [0.2, 0.25) is 0 Å². The Hall–Kier alpha value is -1.95. The van der Waals surface area contributed by atoms with Crippen LogP contribution >= 0.6 is 0 Å². The second-order valence-electron chi connectivity index (χ2n) is 4.73. The lowest BCUT2D eigenvalue weighted by Gasteiger charge is -2.27. The van der Waals surface area contributed by atoms with Crippen molar-refractivity contribution in [2.75, 3.05) is 11.1 Å². The number of aromatic nitrogens is 1. The van der Waals surface area contributed by atoms with Gasteiger partial charge in [0.05, 0.1) is 22.4 Å². The molecule has 0 amide bonds. The summed E-state index contributed by atoms with van der Waals surface area (Å²) < 4.78 is 37.5. The van der Waals surface area contributed by atoms with Gasteiger partial charge < -0.3 is 5.32 Å². The van der Waals surface area contributed by atoms with Gasteiger partial charge in [-0.3, -0.25) is 4.98 Å². The number of pyridine rings is 1. The van der Waals surface area contributed by atoms with Crippen LogP contribution in [-0.2, 0) is 9.84 Å². The van der Waals surface area contributed by atoms with E-state index < -0.39 is 15.7 Å². The first-order valence-electron chi connectivity index (χ1n) is 6.25. The molecular weight excluding hydrogens is 279 g/mol. The highest BCUT2D eigenvalue weighted by molar-refractivity contribution is 7.91. The highest BCUT2D eigenvalue weighted by Crippen LogP contribution is 2.34. The molecule has 0 radical (unpaired) electrons. The summed E-state index contributed by atoms with van der Waals surface area (Å²) in [5, 5.41) is 3.21. The zero-order valence-electron chi connectivity index (χ0n) is 10.6. The number of nitrogens with zero attached hydrogens (tertiary/aromatic N) is 1. The summed E-state index contributed by atoms with van der Waals surface area (Å²) in [5.41, 5.74) is 1.27. The first kappa shape index (κ1) is 13.1. The number of hydrogen-bond donors (Lipinski definition) is 1. The van der Waals surface area contributed by atoms with Crippen LogP contribution in [0.2, 0.25) is 0 Å². The number of hydrogen-bond acceptors (Lipinski definition) is 4. The van der Waals surface area contributed by atoms with E-state index in [2.05, 4.69) is 10.3 Å². The Morgan fingerprint density at radius 1 is 1.30 bits per heavy atom. The molecule has 0 bridgehead atoms. The van der Waals surface area contributed by atoms with Gasteiger partial charge in [0, 0.05) is 12.4 Å². The van der Waals surface area contributed by atoms with Gasteiger partial charge in [-0.15, -0.1) is 0 Å². The summed E-state index contributed by atoms with van der Waals surface area (Å²) in [6.07, 6.45) is 3.72. The molecule has 0 saturated carbocycles. The summed E-state index contributed by atoms with van der Waals surface area (Å²) >= 11 is 0. The SMILES string of the molecule is O=S1(=O)CCC(Nc2cccnc2)c2cc(F)ccc21. The molecule has 0 aliphatic carbocycles. The van der Waals surface area contributed by atoms with Gasteiger partial charge in [-0.05, 0) is 42.3 Å². The molecule has 20 heavy (non-hydrogen) atoms. The van der Waals surface area contributed by atoms with Crippen molar-refractivity contribution in [2.24, 2.45) is 0 Å². The highest BCUT2D eigenvalue weighted by Gasteiger charge is 2.30. The third kappa shape index (κ3) is 2.38. The van der Waals surface area contributed by atoms with Gasteiger partial charge in [-0.2, -0.15) is 0 Å². The number of fused-ring (bicyclic) bond motifs is 1. The second kappa shape index (κ2) is 4.86. The predicted molar refractivity (Wildman–Crippen MR) is 73.7 cm³/mol. The topological polar surface area (TPSA) is 59.1 Å². The quantitative estimate of drug-likeness (QED) is 0.864. The molecule has 6 heteroatoms. The van der Waals surface area contributed by atoms with Crippen LogP contribution in [0, 0.1) is 5.82 Å². The Morgan fingerprint density at radius 2 is 2.15 bits per heavy atom. The molecule has 1 N–H and O–H groups in total. The molecule has 1 aliphatic heterocycles. The summed E-state index contributed by atoms with van der Waals surface area (Å²) in [6.45, 7) is 0. The average Bonchev–Trinajstić information content (AvgIpc) is 2.43. The molecule has 1 aromatic carbocycles. The average molecular weight is 292 g/mol. The van der Waals surface area contributed by atoms with Crippen LogP contribution in [0.25, 0.3) is 0 Å². The zero-order valence-corrected chi connectivity index (χ0v) is 11.4. The number of benzene rings is 1. The number of anilines is 1. The molecule has 4 nitrogen and oxygen atoms in total. The summed E-state index contributed by atoms with van der Waals surface area (Å²) in [5.74, 6) is -0.373. The summed E-state index contributed by atoms with van der Waals surface area (Å²) in [7, 11) is -3.31. The van der Waals surface area contributed by atoms with E-state index in [1.54, 1.807) is 18.5 Å². The Kier molecular flexibility index (Phi) is 3.17. The lowest BCUT2D eigenvalue weighted by Crippen LogP contribution is -2.24. The fraction of sp³-hybridized carbons (Fsp3) is 0.214. The molecular formula is C14H13FN2O2S. The summed E-state index contributed by atoms with van der Waals surface area (Å²) in [4.78, 5) is 4.21. The van der Waals surface area contributed by atoms with Crippen LogP contribution in [0.1, 0.15) is 18.0 Å². The molecule has 1 unspecified atom stereocenters. The van der Waals surface area contributed by atoms with Gasteiger partial charge in [0.1, 0.15) is 5.82 Å². The van der Waals surface area contributed by atoms with E-state index in [1.807, 2.05) is 6.07 Å². The van der Waals surface area contributed by atoms with Crippen LogP contribution in [0.5, 0.6) is 0 Å². The number of sulfone groups is 1. The minimum atomic E-state index is -3.31. The van der Waals surface area contributed by atoms with Crippen LogP contribution < -0.4 is 5.32 Å². The zero-order chi connectivity index (χ0) is 14.2. The van der Waals surface area contributed by atoms with Crippen molar-refractivity contribution in [1.29, 1.82) is 0 Å². The fourth-order valence-corrected chi connectivity index (χ4v) is 4.01. The van der Waals surface area contributed by atoms with E-state index in [0.717, 1.165) is 5.69 Å². The lowest BCUT2D eigenvalue weighted by molar-refractivity contribution is 0.570. The normalized spacial score (nSPS) is 20.1. The van der Waals surface area contributed by atoms with Crippen molar-refractivity contribution in [3.05, 3.63) is 54.1 Å². The van der Waals surface area contributed by atoms with E-state index in [-0.39, 0.29) is 16.7 Å². The number of halogens is 1. The van der Waals surface area contributed by atoms with Crippen LogP contribution in [0.3, 0.4) is 0 Å². The Labute approximate surface area is 116 Å². The maximum atomic E-state index is 13.4. The van der Waals surface area contributed by atoms with Gasteiger partial charge in [-0.25, -0.2) is 12.8 Å². The predicted octanol–water partition coefficient (Wildman–Crippen LogP) is 2.55. The van der Waals surface area contributed by atoms with E-state index in [0.29, 0.717) is 12.0 Å². The van der Waals surface area contributed by atoms with E-state index >= 15 is 0 Å². The van der Waals surface area contributed by atoms with Gasteiger partial charge >= 0.3 is 0 Å². The standard InChI is InChI=1S/C14H13FN2O2S/c15-10-3-4-14-12(8-10)13(5-7-20(14,18)19)17-11-2-1-6-16-9-11/h1-4,6,8-9,13,17H,5,7H2. The van der Waals surface area contributed by atoms with Crippen molar-refractivity contribution in [2.45, 2.75) is 17.4 Å². The molecule has 0 fully saturated rings. The molecule has 2 heterocycles. The van der Waals surface area contributed by atoms with Crippen molar-refractivity contribution < 1.29 is 12.8 Å². The molecule has 0 spiro atoms. The highest BCUT2D eigenvalue weighted by atomic mass is 32.2. The van der Waals surface area contributed by atoms with E-state index in [1.165, 1.54) is 18.2 Å². The van der Waals surface area contributed by atoms with Crippen molar-refractivity contribution in [3.8, 4) is 0 Å². The van der Waals surface area contributed by atoms with E-state index in [4.69, 9.17) is 0 Å². The molecule has 0 saturated heterocycles. The maximum Gasteiger partial charge on any atom is 0.178 e. The molecule has 1 aliphatic rings. The van der Waals surface area contributed by atoms with Crippen molar-refractivity contribution in [3.63, 3.8) is 0 Å². The largest absolute Gasteiger partial charge is 0.377 e. The minimum Gasteiger partial charge on any atom is -0.377 e. The Bertz CT molecular complexity index is 732. The maximum absolute atomic E-state index is 13.4. The number of nitrogens with one attached hydrogen (secondary N) is 1.